The molecule has 0 saturated carbocycles. The van der Waals surface area contributed by atoms with E-state index in [1.54, 1.807) is 13.0 Å². The molecule has 0 spiro atoms. The van der Waals surface area contributed by atoms with Gasteiger partial charge in [0.2, 0.25) is 0 Å². The zero-order valence-electron chi connectivity index (χ0n) is 12.8. The van der Waals surface area contributed by atoms with Crippen LogP contribution in [0.5, 0.6) is 5.75 Å². The highest BCUT2D eigenvalue weighted by molar-refractivity contribution is 5.55. The number of aliphatic hydroxyl groups is 1. The summed E-state index contributed by atoms with van der Waals surface area (Å²) in [4.78, 5) is 0. The lowest BCUT2D eigenvalue weighted by molar-refractivity contribution is 0.245. The van der Waals surface area contributed by atoms with Crippen molar-refractivity contribution in [1.82, 2.24) is 0 Å². The maximum absolute atomic E-state index is 9.28. The number of hydrogen-bond acceptors (Lipinski definition) is 2. The fourth-order valence-corrected chi connectivity index (χ4v) is 2.10. The van der Waals surface area contributed by atoms with Crippen LogP contribution in [0.25, 0.3) is 6.08 Å². The van der Waals surface area contributed by atoms with Gasteiger partial charge in [-0.2, -0.15) is 0 Å². The molecule has 0 aliphatic rings. The number of ether oxygens (including phenoxy) is 1. The predicted molar refractivity (Wildman–Crippen MR) is 87.4 cm³/mol. The van der Waals surface area contributed by atoms with Gasteiger partial charge in [0.25, 0.3) is 0 Å². The Kier molecular flexibility index (Phi) is 5.18. The van der Waals surface area contributed by atoms with Crippen molar-refractivity contribution in [3.63, 3.8) is 0 Å². The van der Waals surface area contributed by atoms with Gasteiger partial charge >= 0.3 is 0 Å². The van der Waals surface area contributed by atoms with Gasteiger partial charge in [-0.25, -0.2) is 0 Å². The topological polar surface area (TPSA) is 29.5 Å². The highest BCUT2D eigenvalue weighted by Gasteiger charge is 2.01. The van der Waals surface area contributed by atoms with Gasteiger partial charge in [-0.05, 0) is 55.2 Å². The van der Waals surface area contributed by atoms with Crippen molar-refractivity contribution in [2.75, 3.05) is 0 Å². The Morgan fingerprint density at radius 3 is 2.52 bits per heavy atom. The third-order valence-electron chi connectivity index (χ3n) is 3.45. The van der Waals surface area contributed by atoms with Crippen molar-refractivity contribution < 1.29 is 9.84 Å². The lowest BCUT2D eigenvalue weighted by Gasteiger charge is -2.10. The average Bonchev–Trinajstić information content (AvgIpc) is 2.45. The number of aryl methyl sites for hydroxylation is 2. The predicted octanol–water partition coefficient (Wildman–Crippen LogP) is 4.28. The molecular formula is C19H22O2. The molecule has 1 N–H and O–H groups in total. The van der Waals surface area contributed by atoms with Gasteiger partial charge in [0.15, 0.2) is 0 Å². The first-order valence-electron chi connectivity index (χ1n) is 7.20. The van der Waals surface area contributed by atoms with Gasteiger partial charge in [0.05, 0.1) is 6.10 Å². The van der Waals surface area contributed by atoms with E-state index >= 15 is 0 Å². The Morgan fingerprint density at radius 1 is 1.10 bits per heavy atom. The molecule has 0 heterocycles. The fourth-order valence-electron chi connectivity index (χ4n) is 2.10. The van der Waals surface area contributed by atoms with Gasteiger partial charge in [-0.15, -0.1) is 0 Å². The number of benzene rings is 2. The van der Waals surface area contributed by atoms with Crippen molar-refractivity contribution in [3.8, 4) is 5.75 Å². The van der Waals surface area contributed by atoms with Crippen LogP contribution in [-0.4, -0.2) is 11.2 Å². The highest BCUT2D eigenvalue weighted by Crippen LogP contribution is 2.20. The Balaban J connectivity index is 2.05. The molecule has 0 fully saturated rings. The molecule has 0 aliphatic heterocycles. The monoisotopic (exact) mass is 282 g/mol. The molecule has 2 aromatic rings. The summed E-state index contributed by atoms with van der Waals surface area (Å²) in [5.74, 6) is 0.866. The summed E-state index contributed by atoms with van der Waals surface area (Å²) < 4.78 is 5.86. The normalized spacial score (nSPS) is 12.6. The minimum atomic E-state index is -0.429. The first-order chi connectivity index (χ1) is 10.1. The van der Waals surface area contributed by atoms with Crippen molar-refractivity contribution in [2.45, 2.75) is 33.5 Å². The van der Waals surface area contributed by atoms with Crippen LogP contribution in [0.3, 0.4) is 0 Å². The third kappa shape index (κ3) is 4.47. The fraction of sp³-hybridized carbons (Fsp3) is 0.263. The minimum absolute atomic E-state index is 0.429. The van der Waals surface area contributed by atoms with Gasteiger partial charge in [-0.1, -0.05) is 42.5 Å². The van der Waals surface area contributed by atoms with Crippen LogP contribution >= 0.6 is 0 Å². The summed E-state index contributed by atoms with van der Waals surface area (Å²) in [6, 6.07) is 14.2. The molecule has 0 aromatic heterocycles. The van der Waals surface area contributed by atoms with Crippen molar-refractivity contribution in [1.29, 1.82) is 0 Å². The summed E-state index contributed by atoms with van der Waals surface area (Å²) in [6.07, 6.45) is 3.28. The van der Waals surface area contributed by atoms with Crippen molar-refractivity contribution >= 4 is 6.08 Å². The third-order valence-corrected chi connectivity index (χ3v) is 3.45. The summed E-state index contributed by atoms with van der Waals surface area (Å²) in [5, 5.41) is 9.28. The van der Waals surface area contributed by atoms with E-state index < -0.39 is 6.10 Å². The maximum atomic E-state index is 9.28. The smallest absolute Gasteiger partial charge is 0.120 e. The summed E-state index contributed by atoms with van der Waals surface area (Å²) in [7, 11) is 0. The average molecular weight is 282 g/mol. The van der Waals surface area contributed by atoms with Crippen LogP contribution in [0, 0.1) is 13.8 Å². The second-order valence-electron chi connectivity index (χ2n) is 5.33. The SMILES string of the molecule is Cc1cc(OCc2ccccc2C)ccc1/C=C/C(C)O. The van der Waals surface area contributed by atoms with E-state index in [9.17, 15) is 5.11 Å². The molecular weight excluding hydrogens is 260 g/mol. The lowest BCUT2D eigenvalue weighted by atomic mass is 10.1. The Labute approximate surface area is 126 Å². The molecule has 0 saturated heterocycles. The van der Waals surface area contributed by atoms with Gasteiger partial charge < -0.3 is 9.84 Å². The molecule has 0 radical (unpaired) electrons. The van der Waals surface area contributed by atoms with Crippen LogP contribution in [0.1, 0.15) is 29.2 Å². The van der Waals surface area contributed by atoms with E-state index in [4.69, 9.17) is 4.74 Å². The van der Waals surface area contributed by atoms with Gasteiger partial charge in [0, 0.05) is 0 Å². The van der Waals surface area contributed by atoms with Crippen LogP contribution in [-0.2, 0) is 6.61 Å². The summed E-state index contributed by atoms with van der Waals surface area (Å²) in [6.45, 7) is 6.46. The van der Waals surface area contributed by atoms with Gasteiger partial charge in [0.1, 0.15) is 12.4 Å². The maximum Gasteiger partial charge on any atom is 0.120 e. The molecule has 2 aromatic carbocycles. The largest absolute Gasteiger partial charge is 0.489 e. The highest BCUT2D eigenvalue weighted by atomic mass is 16.5. The molecule has 2 rings (SSSR count). The molecule has 0 aliphatic carbocycles. The van der Waals surface area contributed by atoms with E-state index in [1.165, 1.54) is 11.1 Å². The second-order valence-corrected chi connectivity index (χ2v) is 5.33. The van der Waals surface area contributed by atoms with Crippen molar-refractivity contribution in [3.05, 3.63) is 70.8 Å². The first-order valence-corrected chi connectivity index (χ1v) is 7.20. The minimum Gasteiger partial charge on any atom is -0.489 e. The molecule has 0 amide bonds. The molecule has 2 nitrogen and oxygen atoms in total. The van der Waals surface area contributed by atoms with E-state index in [1.807, 2.05) is 43.3 Å². The number of hydrogen-bond donors (Lipinski definition) is 1. The Morgan fingerprint density at radius 2 is 1.86 bits per heavy atom. The molecule has 0 bridgehead atoms. The quantitative estimate of drug-likeness (QED) is 0.887. The second kappa shape index (κ2) is 7.09. The summed E-state index contributed by atoms with van der Waals surface area (Å²) >= 11 is 0. The van der Waals surface area contributed by atoms with E-state index in [0.29, 0.717) is 6.61 Å². The zero-order chi connectivity index (χ0) is 15.2. The van der Waals surface area contributed by atoms with E-state index in [2.05, 4.69) is 19.1 Å². The molecule has 21 heavy (non-hydrogen) atoms. The van der Waals surface area contributed by atoms with Crippen LogP contribution in [0.4, 0.5) is 0 Å². The van der Waals surface area contributed by atoms with E-state index in [0.717, 1.165) is 16.9 Å². The first kappa shape index (κ1) is 15.3. The van der Waals surface area contributed by atoms with E-state index in [-0.39, 0.29) is 0 Å². The van der Waals surface area contributed by atoms with Crippen LogP contribution in [0.15, 0.2) is 48.5 Å². The molecule has 2 heteroatoms. The molecule has 110 valence electrons. The Bertz CT molecular complexity index is 627. The molecule has 1 atom stereocenters. The van der Waals surface area contributed by atoms with Crippen LogP contribution in [0.2, 0.25) is 0 Å². The van der Waals surface area contributed by atoms with Crippen LogP contribution < -0.4 is 4.74 Å². The summed E-state index contributed by atoms with van der Waals surface area (Å²) in [5.41, 5.74) is 4.67. The number of rotatable bonds is 5. The zero-order valence-corrected chi connectivity index (χ0v) is 12.8. The lowest BCUT2D eigenvalue weighted by Crippen LogP contribution is -1.98. The molecule has 1 unspecified atom stereocenters. The van der Waals surface area contributed by atoms with Crippen molar-refractivity contribution in [2.24, 2.45) is 0 Å². The number of aliphatic hydroxyl groups excluding tert-OH is 1. The standard InChI is InChI=1S/C19H22O2/c1-14-6-4-5-7-18(14)13-21-19-11-10-17(15(2)12-19)9-8-16(3)20/h4-12,16,20H,13H2,1-3H3/b9-8+. The van der Waals surface area contributed by atoms with Gasteiger partial charge in [-0.3, -0.25) is 0 Å². The Hall–Kier alpha value is -2.06.